The summed E-state index contributed by atoms with van der Waals surface area (Å²) in [6.45, 7) is 8.98. The van der Waals surface area contributed by atoms with Crippen molar-refractivity contribution in [2.75, 3.05) is 19.7 Å². The van der Waals surface area contributed by atoms with Crippen LogP contribution in [0.25, 0.3) is 0 Å². The van der Waals surface area contributed by atoms with Gasteiger partial charge < -0.3 is 9.26 Å². The Morgan fingerprint density at radius 2 is 2.04 bits per heavy atom. The van der Waals surface area contributed by atoms with Crippen LogP contribution in [0.3, 0.4) is 0 Å². The highest BCUT2D eigenvalue weighted by molar-refractivity contribution is 5.15. The first kappa shape index (κ1) is 17.7. The fourth-order valence-electron chi connectivity index (χ4n) is 3.53. The standard InChI is InChI=1S/C19H29N5O2/c1-3-24-13-16(14(2)21-24)12-23-9-6-17(7-10-23)25-11-8-18-20-19(26-22-18)15-4-5-15/h13,15,17H,3-12H2,1-2H3. The molecule has 26 heavy (non-hydrogen) atoms. The third-order valence-corrected chi connectivity index (χ3v) is 5.39. The summed E-state index contributed by atoms with van der Waals surface area (Å²) in [5.41, 5.74) is 2.49. The molecule has 2 aromatic rings. The van der Waals surface area contributed by atoms with Crippen LogP contribution in [0, 0.1) is 6.92 Å². The van der Waals surface area contributed by atoms with Crippen LogP contribution in [0.2, 0.25) is 0 Å². The summed E-state index contributed by atoms with van der Waals surface area (Å²) in [6.07, 6.45) is 7.82. The summed E-state index contributed by atoms with van der Waals surface area (Å²) < 4.78 is 13.4. The minimum atomic E-state index is 0.348. The summed E-state index contributed by atoms with van der Waals surface area (Å²) in [5, 5.41) is 8.60. The lowest BCUT2D eigenvalue weighted by molar-refractivity contribution is 0.00673. The molecule has 0 bridgehead atoms. The zero-order chi connectivity index (χ0) is 17.9. The summed E-state index contributed by atoms with van der Waals surface area (Å²) in [4.78, 5) is 6.96. The summed E-state index contributed by atoms with van der Waals surface area (Å²) in [6, 6.07) is 0. The van der Waals surface area contributed by atoms with Crippen molar-refractivity contribution < 1.29 is 9.26 Å². The smallest absolute Gasteiger partial charge is 0.229 e. The zero-order valence-electron chi connectivity index (χ0n) is 15.9. The Balaban J connectivity index is 1.16. The second-order valence-electron chi connectivity index (χ2n) is 7.51. The van der Waals surface area contributed by atoms with Gasteiger partial charge in [0.2, 0.25) is 5.89 Å². The highest BCUT2D eigenvalue weighted by Gasteiger charge is 2.29. The van der Waals surface area contributed by atoms with E-state index in [0.29, 0.717) is 18.6 Å². The Morgan fingerprint density at radius 3 is 2.73 bits per heavy atom. The van der Waals surface area contributed by atoms with Crippen LogP contribution in [-0.4, -0.2) is 50.6 Å². The first-order valence-electron chi connectivity index (χ1n) is 9.90. The number of nitrogens with zero attached hydrogens (tertiary/aromatic N) is 5. The Morgan fingerprint density at radius 1 is 1.23 bits per heavy atom. The Labute approximate surface area is 154 Å². The SMILES string of the molecule is CCn1cc(CN2CCC(OCCc3noc(C4CC4)n3)CC2)c(C)n1. The van der Waals surface area contributed by atoms with Crippen molar-refractivity contribution in [1.29, 1.82) is 0 Å². The highest BCUT2D eigenvalue weighted by Crippen LogP contribution is 2.38. The van der Waals surface area contributed by atoms with Crippen molar-refractivity contribution in [2.24, 2.45) is 0 Å². The van der Waals surface area contributed by atoms with Gasteiger partial charge in [0, 0.05) is 50.3 Å². The molecular weight excluding hydrogens is 330 g/mol. The molecular formula is C19H29N5O2. The van der Waals surface area contributed by atoms with Crippen LogP contribution < -0.4 is 0 Å². The Hall–Kier alpha value is -1.73. The number of piperidine rings is 1. The van der Waals surface area contributed by atoms with Crippen molar-refractivity contribution in [3.8, 4) is 0 Å². The molecule has 0 unspecified atom stereocenters. The molecule has 0 amide bonds. The van der Waals surface area contributed by atoms with E-state index in [1.807, 2.05) is 4.68 Å². The largest absolute Gasteiger partial charge is 0.378 e. The minimum Gasteiger partial charge on any atom is -0.378 e. The third kappa shape index (κ3) is 4.32. The molecule has 7 heteroatoms. The van der Waals surface area contributed by atoms with Crippen LogP contribution in [0.4, 0.5) is 0 Å². The van der Waals surface area contributed by atoms with Crippen molar-refractivity contribution >= 4 is 0 Å². The van der Waals surface area contributed by atoms with Gasteiger partial charge in [-0.05, 0) is 39.5 Å². The fraction of sp³-hybridized carbons (Fsp3) is 0.737. The van der Waals surface area contributed by atoms with E-state index in [9.17, 15) is 0 Å². The third-order valence-electron chi connectivity index (χ3n) is 5.39. The van der Waals surface area contributed by atoms with Crippen molar-refractivity contribution in [3.63, 3.8) is 0 Å². The van der Waals surface area contributed by atoms with Gasteiger partial charge in [-0.2, -0.15) is 10.1 Å². The Bertz CT molecular complexity index is 713. The van der Waals surface area contributed by atoms with Gasteiger partial charge in [0.05, 0.1) is 18.4 Å². The number of ether oxygens (including phenoxy) is 1. The van der Waals surface area contributed by atoms with E-state index in [1.165, 1.54) is 18.4 Å². The minimum absolute atomic E-state index is 0.348. The van der Waals surface area contributed by atoms with E-state index >= 15 is 0 Å². The van der Waals surface area contributed by atoms with Crippen molar-refractivity contribution in [1.82, 2.24) is 24.8 Å². The van der Waals surface area contributed by atoms with Crippen LogP contribution in [0.15, 0.2) is 10.7 Å². The second-order valence-corrected chi connectivity index (χ2v) is 7.51. The maximum atomic E-state index is 6.05. The van der Waals surface area contributed by atoms with Gasteiger partial charge in [0.25, 0.3) is 0 Å². The number of hydrogen-bond donors (Lipinski definition) is 0. The quantitative estimate of drug-likeness (QED) is 0.722. The molecule has 0 atom stereocenters. The average molecular weight is 359 g/mol. The molecule has 0 N–H and O–H groups in total. The van der Waals surface area contributed by atoms with Gasteiger partial charge >= 0.3 is 0 Å². The first-order valence-corrected chi connectivity index (χ1v) is 9.90. The van der Waals surface area contributed by atoms with Gasteiger partial charge in [-0.1, -0.05) is 5.16 Å². The monoisotopic (exact) mass is 359 g/mol. The fourth-order valence-corrected chi connectivity index (χ4v) is 3.53. The van der Waals surface area contributed by atoms with Crippen LogP contribution >= 0.6 is 0 Å². The van der Waals surface area contributed by atoms with Crippen LogP contribution in [-0.2, 0) is 24.2 Å². The number of aryl methyl sites for hydroxylation is 2. The topological polar surface area (TPSA) is 69.2 Å². The molecule has 0 radical (unpaired) electrons. The van der Waals surface area contributed by atoms with E-state index in [2.05, 4.69) is 40.2 Å². The molecule has 2 aliphatic rings. The molecule has 1 saturated heterocycles. The van der Waals surface area contributed by atoms with Gasteiger partial charge in [0.15, 0.2) is 5.82 Å². The van der Waals surface area contributed by atoms with Gasteiger partial charge in [-0.25, -0.2) is 0 Å². The lowest BCUT2D eigenvalue weighted by Gasteiger charge is -2.31. The molecule has 7 nitrogen and oxygen atoms in total. The zero-order valence-corrected chi connectivity index (χ0v) is 15.9. The van der Waals surface area contributed by atoms with Gasteiger partial charge in [-0.3, -0.25) is 9.58 Å². The summed E-state index contributed by atoms with van der Waals surface area (Å²) in [5.74, 6) is 2.12. The first-order chi connectivity index (χ1) is 12.7. The highest BCUT2D eigenvalue weighted by atomic mass is 16.5. The van der Waals surface area contributed by atoms with Crippen molar-refractivity contribution in [3.05, 3.63) is 29.2 Å². The van der Waals surface area contributed by atoms with E-state index in [0.717, 1.165) is 62.9 Å². The molecule has 1 saturated carbocycles. The van der Waals surface area contributed by atoms with Crippen LogP contribution in [0.1, 0.15) is 61.5 Å². The molecule has 2 fully saturated rings. The van der Waals surface area contributed by atoms with E-state index in [1.54, 1.807) is 0 Å². The molecule has 4 rings (SSSR count). The van der Waals surface area contributed by atoms with Crippen molar-refractivity contribution in [2.45, 2.75) is 71.1 Å². The molecule has 1 aliphatic heterocycles. The molecule has 0 spiro atoms. The molecule has 142 valence electrons. The lowest BCUT2D eigenvalue weighted by atomic mass is 10.1. The Kier molecular flexibility index (Phi) is 5.36. The normalized spacial score (nSPS) is 19.3. The number of likely N-dealkylation sites (tertiary alicyclic amines) is 1. The van der Waals surface area contributed by atoms with E-state index in [-0.39, 0.29) is 0 Å². The number of hydrogen-bond acceptors (Lipinski definition) is 6. The molecule has 1 aliphatic carbocycles. The van der Waals surface area contributed by atoms with Gasteiger partial charge in [0.1, 0.15) is 0 Å². The molecule has 0 aromatic carbocycles. The molecule has 3 heterocycles. The van der Waals surface area contributed by atoms with Gasteiger partial charge in [-0.15, -0.1) is 0 Å². The average Bonchev–Trinajstić information content (AvgIpc) is 3.30. The molecule has 2 aromatic heterocycles. The second kappa shape index (κ2) is 7.88. The number of rotatable bonds is 8. The van der Waals surface area contributed by atoms with E-state index < -0.39 is 0 Å². The number of aromatic nitrogens is 4. The predicted molar refractivity (Wildman–Crippen MR) is 96.9 cm³/mol. The maximum Gasteiger partial charge on any atom is 0.229 e. The summed E-state index contributed by atoms with van der Waals surface area (Å²) >= 11 is 0. The summed E-state index contributed by atoms with van der Waals surface area (Å²) in [7, 11) is 0. The van der Waals surface area contributed by atoms with E-state index in [4.69, 9.17) is 9.26 Å². The lowest BCUT2D eigenvalue weighted by Crippen LogP contribution is -2.36. The maximum absolute atomic E-state index is 6.05. The van der Waals surface area contributed by atoms with Crippen LogP contribution in [0.5, 0.6) is 0 Å². The predicted octanol–water partition coefficient (Wildman–Crippen LogP) is 2.70.